The Morgan fingerprint density at radius 2 is 2.11 bits per heavy atom. The van der Waals surface area contributed by atoms with E-state index in [0.717, 1.165) is 4.68 Å². The zero-order valence-electron chi connectivity index (χ0n) is 15.8. The average Bonchev–Trinajstić information content (AvgIpc) is 2.67. The molecule has 0 saturated heterocycles. The van der Waals surface area contributed by atoms with Crippen molar-refractivity contribution >= 4 is 29.2 Å². The Bertz CT molecular complexity index is 944. The number of amides is 2. The average molecular weight is 408 g/mol. The van der Waals surface area contributed by atoms with Gasteiger partial charge in [-0.15, -0.1) is 0 Å². The van der Waals surface area contributed by atoms with Gasteiger partial charge >= 0.3 is 5.56 Å². The maximum Gasteiger partial charge on any atom is 0.311 e. The standard InChI is InChI=1S/C18H22ClN5O4/c1-4-13(17(26)23-24-10(2)9-22-16(20)18(24)27)28-14-6-5-12(19)7-11(14)8-15(25)21-3/h5-7,9,13H,4,8H2,1-3H3,(H2,20,22)(H,21,25)(H,23,26). The van der Waals surface area contributed by atoms with Gasteiger partial charge in [0.2, 0.25) is 5.91 Å². The van der Waals surface area contributed by atoms with E-state index in [4.69, 9.17) is 22.1 Å². The third-order valence-electron chi connectivity index (χ3n) is 3.97. The van der Waals surface area contributed by atoms with E-state index in [9.17, 15) is 14.4 Å². The molecule has 1 atom stereocenters. The summed E-state index contributed by atoms with van der Waals surface area (Å²) in [5, 5.41) is 2.97. The molecule has 4 N–H and O–H groups in total. The van der Waals surface area contributed by atoms with Crippen molar-refractivity contribution in [3.63, 3.8) is 0 Å². The number of hydrogen-bond donors (Lipinski definition) is 3. The van der Waals surface area contributed by atoms with Crippen LogP contribution in [0.4, 0.5) is 5.82 Å². The van der Waals surface area contributed by atoms with Crippen LogP contribution in [0.2, 0.25) is 5.02 Å². The SMILES string of the molecule is CCC(Oc1ccc(Cl)cc1CC(=O)NC)C(=O)Nn1c(C)cnc(N)c1=O. The summed E-state index contributed by atoms with van der Waals surface area (Å²) >= 11 is 6.01. The Labute approximate surface area is 166 Å². The van der Waals surface area contributed by atoms with Crippen molar-refractivity contribution in [1.29, 1.82) is 0 Å². The number of ether oxygens (including phenoxy) is 1. The number of benzene rings is 1. The first-order valence-electron chi connectivity index (χ1n) is 8.57. The molecule has 0 aliphatic rings. The summed E-state index contributed by atoms with van der Waals surface area (Å²) in [5.41, 5.74) is 8.32. The Kier molecular flexibility index (Phi) is 7.00. The lowest BCUT2D eigenvalue weighted by molar-refractivity contribution is -0.123. The molecule has 0 saturated carbocycles. The summed E-state index contributed by atoms with van der Waals surface area (Å²) in [5.74, 6) is -0.642. The van der Waals surface area contributed by atoms with Crippen LogP contribution in [0, 0.1) is 6.92 Å². The fourth-order valence-corrected chi connectivity index (χ4v) is 2.60. The largest absolute Gasteiger partial charge is 0.480 e. The van der Waals surface area contributed by atoms with Crippen LogP contribution in [-0.4, -0.2) is 34.6 Å². The third kappa shape index (κ3) is 5.01. The number of rotatable bonds is 7. The second-order valence-electron chi connectivity index (χ2n) is 6.02. The van der Waals surface area contributed by atoms with Crippen molar-refractivity contribution in [3.05, 3.63) is 51.0 Å². The molecule has 0 aliphatic carbocycles. The minimum atomic E-state index is -0.912. The predicted octanol–water partition coefficient (Wildman–Crippen LogP) is 1.00. The van der Waals surface area contributed by atoms with Crippen LogP contribution in [-0.2, 0) is 16.0 Å². The highest BCUT2D eigenvalue weighted by Gasteiger charge is 2.22. The first-order valence-corrected chi connectivity index (χ1v) is 8.95. The molecule has 1 aromatic heterocycles. The fraction of sp³-hybridized carbons (Fsp3) is 0.333. The van der Waals surface area contributed by atoms with E-state index in [1.807, 2.05) is 0 Å². The lowest BCUT2D eigenvalue weighted by Crippen LogP contribution is -2.42. The van der Waals surface area contributed by atoms with Crippen LogP contribution in [0.25, 0.3) is 0 Å². The van der Waals surface area contributed by atoms with Gasteiger partial charge in [0.05, 0.1) is 18.3 Å². The molecule has 9 nitrogen and oxygen atoms in total. The lowest BCUT2D eigenvalue weighted by Gasteiger charge is -2.20. The molecule has 1 unspecified atom stereocenters. The molecule has 28 heavy (non-hydrogen) atoms. The van der Waals surface area contributed by atoms with Gasteiger partial charge in [-0.25, -0.2) is 9.66 Å². The van der Waals surface area contributed by atoms with Crippen molar-refractivity contribution < 1.29 is 14.3 Å². The predicted molar refractivity (Wildman–Crippen MR) is 106 cm³/mol. The van der Waals surface area contributed by atoms with Crippen LogP contribution in [0.3, 0.4) is 0 Å². The van der Waals surface area contributed by atoms with Crippen molar-refractivity contribution in [2.45, 2.75) is 32.8 Å². The molecule has 2 aromatic rings. The Hall–Kier alpha value is -3.07. The number of carbonyl (C=O) groups excluding carboxylic acids is 2. The van der Waals surface area contributed by atoms with Crippen molar-refractivity contribution in [1.82, 2.24) is 15.0 Å². The number of halogens is 1. The summed E-state index contributed by atoms with van der Waals surface area (Å²) in [6.07, 6.45) is 0.830. The van der Waals surface area contributed by atoms with E-state index >= 15 is 0 Å². The number of aromatic nitrogens is 2. The van der Waals surface area contributed by atoms with Gasteiger partial charge in [0.25, 0.3) is 5.91 Å². The van der Waals surface area contributed by atoms with Crippen LogP contribution in [0.5, 0.6) is 5.75 Å². The fourth-order valence-electron chi connectivity index (χ4n) is 2.41. The van der Waals surface area contributed by atoms with Crippen molar-refractivity contribution in [2.75, 3.05) is 18.2 Å². The van der Waals surface area contributed by atoms with Crippen LogP contribution >= 0.6 is 11.6 Å². The minimum absolute atomic E-state index is 0.0455. The maximum absolute atomic E-state index is 12.7. The zero-order valence-corrected chi connectivity index (χ0v) is 16.5. The number of hydrogen-bond acceptors (Lipinski definition) is 6. The van der Waals surface area contributed by atoms with Crippen molar-refractivity contribution in [3.8, 4) is 5.75 Å². The second-order valence-corrected chi connectivity index (χ2v) is 6.45. The normalized spacial score (nSPS) is 11.6. The number of likely N-dealkylation sites (N-methyl/N-ethyl adjacent to an activating group) is 1. The van der Waals surface area contributed by atoms with E-state index in [2.05, 4.69) is 15.7 Å². The van der Waals surface area contributed by atoms with Gasteiger partial charge in [0.1, 0.15) is 5.75 Å². The van der Waals surface area contributed by atoms with Gasteiger partial charge in [-0.2, -0.15) is 0 Å². The summed E-state index contributed by atoms with van der Waals surface area (Å²) in [4.78, 5) is 40.2. The Balaban J connectivity index is 2.25. The number of nitrogens with two attached hydrogens (primary N) is 1. The molecule has 0 radical (unpaired) electrons. The molecule has 2 rings (SSSR count). The summed E-state index contributed by atoms with van der Waals surface area (Å²) in [7, 11) is 1.52. The summed E-state index contributed by atoms with van der Waals surface area (Å²) in [6, 6.07) is 4.81. The molecule has 1 heterocycles. The van der Waals surface area contributed by atoms with Gasteiger partial charge in [-0.3, -0.25) is 19.8 Å². The summed E-state index contributed by atoms with van der Waals surface area (Å²) < 4.78 is 6.84. The molecular weight excluding hydrogens is 386 g/mol. The molecule has 0 fully saturated rings. The Morgan fingerprint density at radius 3 is 2.75 bits per heavy atom. The number of nitrogens with zero attached hydrogens (tertiary/aromatic N) is 2. The monoisotopic (exact) mass is 407 g/mol. The first kappa shape index (κ1) is 21.2. The highest BCUT2D eigenvalue weighted by Crippen LogP contribution is 2.25. The number of carbonyl (C=O) groups is 2. The number of nitrogen functional groups attached to an aromatic ring is 1. The van der Waals surface area contributed by atoms with Gasteiger partial charge < -0.3 is 15.8 Å². The molecule has 150 valence electrons. The molecule has 10 heteroatoms. The zero-order chi connectivity index (χ0) is 20.8. The molecule has 1 aromatic carbocycles. The number of nitrogens with one attached hydrogen (secondary N) is 2. The number of aryl methyl sites for hydroxylation is 1. The van der Waals surface area contributed by atoms with Gasteiger partial charge in [0.15, 0.2) is 11.9 Å². The number of anilines is 1. The van der Waals surface area contributed by atoms with E-state index in [0.29, 0.717) is 28.5 Å². The molecular formula is C18H22ClN5O4. The topological polar surface area (TPSA) is 128 Å². The molecule has 2 amide bonds. The maximum atomic E-state index is 12.7. The van der Waals surface area contributed by atoms with Crippen LogP contribution < -0.4 is 26.8 Å². The van der Waals surface area contributed by atoms with Crippen LogP contribution in [0.15, 0.2) is 29.2 Å². The summed E-state index contributed by atoms with van der Waals surface area (Å²) in [6.45, 7) is 3.37. The second kappa shape index (κ2) is 9.23. The first-order chi connectivity index (χ1) is 13.3. The van der Waals surface area contributed by atoms with Gasteiger partial charge in [-0.05, 0) is 31.5 Å². The third-order valence-corrected chi connectivity index (χ3v) is 4.21. The quantitative estimate of drug-likeness (QED) is 0.628. The van der Waals surface area contributed by atoms with E-state index in [1.54, 1.807) is 32.0 Å². The smallest absolute Gasteiger partial charge is 0.311 e. The Morgan fingerprint density at radius 1 is 1.39 bits per heavy atom. The highest BCUT2D eigenvalue weighted by molar-refractivity contribution is 6.30. The van der Waals surface area contributed by atoms with Crippen molar-refractivity contribution in [2.24, 2.45) is 0 Å². The van der Waals surface area contributed by atoms with Gasteiger partial charge in [-0.1, -0.05) is 18.5 Å². The van der Waals surface area contributed by atoms with E-state index in [-0.39, 0.29) is 18.1 Å². The van der Waals surface area contributed by atoms with E-state index < -0.39 is 17.6 Å². The van der Waals surface area contributed by atoms with Gasteiger partial charge in [0, 0.05) is 17.6 Å². The lowest BCUT2D eigenvalue weighted by atomic mass is 10.1. The highest BCUT2D eigenvalue weighted by atomic mass is 35.5. The molecule has 0 spiro atoms. The minimum Gasteiger partial charge on any atom is -0.480 e. The molecule has 0 bridgehead atoms. The van der Waals surface area contributed by atoms with Crippen LogP contribution in [0.1, 0.15) is 24.6 Å². The van der Waals surface area contributed by atoms with E-state index in [1.165, 1.54) is 13.2 Å². The molecule has 0 aliphatic heterocycles.